The van der Waals surface area contributed by atoms with Crippen molar-refractivity contribution in [3.8, 4) is 11.8 Å². The second kappa shape index (κ2) is 8.91. The molecule has 0 spiro atoms. The lowest BCUT2D eigenvalue weighted by Gasteiger charge is -2.39. The SMILES string of the molecule is CC1(C)CC(=O)N([C@@H](c2ccc(C#N)cc2)[C@H]2C[C@@H]2C(=O)N[C@H]2CC(C)(C)Oc3ccccc32)C(N)=N1. The van der Waals surface area contributed by atoms with Crippen molar-refractivity contribution in [2.24, 2.45) is 22.6 Å². The minimum absolute atomic E-state index is 0.0403. The molecule has 37 heavy (non-hydrogen) atoms. The standard InChI is InChI=1S/C29H33N5O3/c1-28(2)15-24(35)34(27(31)33-28)25(18-11-9-17(16-30)10-12-18)20-13-21(20)26(36)32-22-14-29(3,4)37-23-8-6-5-7-19(22)23/h5-12,20-22,25H,13-15H2,1-4H3,(H2,31,33)(H,32,36)/t20-,21-,22-,25-/m0/s1. The fraction of sp³-hybridized carbons (Fsp3) is 0.448. The zero-order chi connectivity index (χ0) is 26.5. The number of aliphatic imine (C=N–C) groups is 1. The van der Waals surface area contributed by atoms with Crippen molar-refractivity contribution in [3.63, 3.8) is 0 Å². The lowest BCUT2D eigenvalue weighted by Crippen LogP contribution is -2.52. The summed E-state index contributed by atoms with van der Waals surface area (Å²) in [7, 11) is 0. The monoisotopic (exact) mass is 499 g/mol. The van der Waals surface area contributed by atoms with Gasteiger partial charge in [0.05, 0.1) is 35.7 Å². The minimum atomic E-state index is -0.573. The average molecular weight is 500 g/mol. The van der Waals surface area contributed by atoms with Crippen LogP contribution in [0, 0.1) is 23.2 Å². The molecule has 1 aliphatic carbocycles. The summed E-state index contributed by atoms with van der Waals surface area (Å²) in [6.45, 7) is 7.81. The fourth-order valence-electron chi connectivity index (χ4n) is 5.70. The quantitative estimate of drug-likeness (QED) is 0.645. The molecule has 3 N–H and O–H groups in total. The largest absolute Gasteiger partial charge is 0.487 e. The smallest absolute Gasteiger partial charge is 0.232 e. The third-order valence-electron chi connectivity index (χ3n) is 7.45. The molecule has 192 valence electrons. The van der Waals surface area contributed by atoms with Gasteiger partial charge in [-0.2, -0.15) is 5.26 Å². The van der Waals surface area contributed by atoms with E-state index in [1.165, 1.54) is 0 Å². The number of fused-ring (bicyclic) bond motifs is 1. The number of hydrogen-bond acceptors (Lipinski definition) is 6. The predicted octanol–water partition coefficient (Wildman–Crippen LogP) is 3.98. The maximum atomic E-state index is 13.5. The molecule has 2 aromatic carbocycles. The Morgan fingerprint density at radius 3 is 2.57 bits per heavy atom. The van der Waals surface area contributed by atoms with E-state index >= 15 is 0 Å². The first-order chi connectivity index (χ1) is 17.5. The lowest BCUT2D eigenvalue weighted by atomic mass is 9.89. The van der Waals surface area contributed by atoms with E-state index < -0.39 is 17.2 Å². The highest BCUT2D eigenvalue weighted by molar-refractivity contribution is 5.99. The van der Waals surface area contributed by atoms with Gasteiger partial charge in [-0.1, -0.05) is 30.3 Å². The number of benzene rings is 2. The van der Waals surface area contributed by atoms with Crippen molar-refractivity contribution < 1.29 is 14.3 Å². The Kier molecular flexibility index (Phi) is 5.98. The molecule has 2 aliphatic heterocycles. The van der Waals surface area contributed by atoms with E-state index in [4.69, 9.17) is 10.5 Å². The zero-order valence-corrected chi connectivity index (χ0v) is 21.7. The van der Waals surface area contributed by atoms with E-state index in [2.05, 4.69) is 16.4 Å². The number of nitriles is 1. The normalized spacial score (nSPS) is 26.1. The second-order valence-electron chi connectivity index (χ2n) is 11.6. The Morgan fingerprint density at radius 1 is 1.19 bits per heavy atom. The van der Waals surface area contributed by atoms with Crippen molar-refractivity contribution >= 4 is 17.8 Å². The van der Waals surface area contributed by atoms with Crippen LogP contribution >= 0.6 is 0 Å². The second-order valence-corrected chi connectivity index (χ2v) is 11.6. The van der Waals surface area contributed by atoms with Crippen LogP contribution in [0.25, 0.3) is 0 Å². The third kappa shape index (κ3) is 4.91. The van der Waals surface area contributed by atoms with E-state index in [1.807, 2.05) is 64.1 Å². The van der Waals surface area contributed by atoms with Crippen LogP contribution in [0.5, 0.6) is 5.75 Å². The number of nitrogens with zero attached hydrogens (tertiary/aromatic N) is 3. The summed E-state index contributed by atoms with van der Waals surface area (Å²) >= 11 is 0. The molecule has 3 aliphatic rings. The van der Waals surface area contributed by atoms with Crippen LogP contribution in [0.4, 0.5) is 0 Å². The first-order valence-electron chi connectivity index (χ1n) is 12.7. The molecule has 5 rings (SSSR count). The Morgan fingerprint density at radius 2 is 1.89 bits per heavy atom. The van der Waals surface area contributed by atoms with E-state index in [-0.39, 0.29) is 42.1 Å². The van der Waals surface area contributed by atoms with Gasteiger partial charge in [0.2, 0.25) is 11.8 Å². The molecule has 1 saturated carbocycles. The van der Waals surface area contributed by atoms with Gasteiger partial charge in [-0.25, -0.2) is 4.99 Å². The number of amides is 2. The number of carbonyl (C=O) groups is 2. The first-order valence-corrected chi connectivity index (χ1v) is 12.7. The summed E-state index contributed by atoms with van der Waals surface area (Å²) in [5, 5.41) is 12.5. The van der Waals surface area contributed by atoms with Gasteiger partial charge in [0.15, 0.2) is 5.96 Å². The molecule has 1 fully saturated rings. The lowest BCUT2D eigenvalue weighted by molar-refractivity contribution is -0.132. The average Bonchev–Trinajstić information content (AvgIpc) is 3.61. The maximum absolute atomic E-state index is 13.5. The summed E-state index contributed by atoms with van der Waals surface area (Å²) in [5.74, 6) is 0.419. The molecule has 8 nitrogen and oxygen atoms in total. The van der Waals surface area contributed by atoms with Crippen LogP contribution < -0.4 is 15.8 Å². The fourth-order valence-corrected chi connectivity index (χ4v) is 5.70. The molecule has 0 aromatic heterocycles. The molecule has 2 heterocycles. The molecule has 4 atom stereocenters. The van der Waals surface area contributed by atoms with Gasteiger partial charge in [0.25, 0.3) is 0 Å². The summed E-state index contributed by atoms with van der Waals surface area (Å²) < 4.78 is 6.12. The highest BCUT2D eigenvalue weighted by atomic mass is 16.5. The zero-order valence-electron chi connectivity index (χ0n) is 21.7. The van der Waals surface area contributed by atoms with E-state index in [9.17, 15) is 14.9 Å². The van der Waals surface area contributed by atoms with Crippen LogP contribution in [0.1, 0.15) is 75.7 Å². The highest BCUT2D eigenvalue weighted by Gasteiger charge is 2.53. The van der Waals surface area contributed by atoms with Crippen molar-refractivity contribution in [1.82, 2.24) is 10.2 Å². The first kappa shape index (κ1) is 24.8. The van der Waals surface area contributed by atoms with Crippen LogP contribution in [-0.4, -0.2) is 33.8 Å². The van der Waals surface area contributed by atoms with Gasteiger partial charge < -0.3 is 15.8 Å². The number of guanidine groups is 1. The number of rotatable bonds is 5. The van der Waals surface area contributed by atoms with Crippen LogP contribution in [0.3, 0.4) is 0 Å². The van der Waals surface area contributed by atoms with Gasteiger partial charge >= 0.3 is 0 Å². The van der Waals surface area contributed by atoms with Crippen LogP contribution in [0.15, 0.2) is 53.5 Å². The number of hydrogen-bond donors (Lipinski definition) is 2. The van der Waals surface area contributed by atoms with E-state index in [0.29, 0.717) is 18.4 Å². The van der Waals surface area contributed by atoms with Gasteiger partial charge in [0, 0.05) is 17.9 Å². The number of para-hydroxylation sites is 1. The third-order valence-corrected chi connectivity index (χ3v) is 7.45. The molecule has 0 bridgehead atoms. The van der Waals surface area contributed by atoms with Crippen LogP contribution in [-0.2, 0) is 9.59 Å². The molecule has 0 radical (unpaired) electrons. The molecule has 0 unspecified atom stereocenters. The molecule has 2 amide bonds. The molecular formula is C29H33N5O3. The summed E-state index contributed by atoms with van der Waals surface area (Å²) in [5.41, 5.74) is 7.71. The Bertz CT molecular complexity index is 1310. The Hall–Kier alpha value is -3.86. The number of ether oxygens (including phenoxy) is 1. The van der Waals surface area contributed by atoms with Gasteiger partial charge in [-0.15, -0.1) is 0 Å². The van der Waals surface area contributed by atoms with Gasteiger partial charge in [-0.3, -0.25) is 14.5 Å². The number of nitrogens with two attached hydrogens (primary N) is 1. The van der Waals surface area contributed by atoms with Crippen molar-refractivity contribution in [2.45, 2.75) is 70.2 Å². The molecule has 2 aromatic rings. The molecule has 0 saturated heterocycles. The van der Waals surface area contributed by atoms with E-state index in [0.717, 1.165) is 16.9 Å². The van der Waals surface area contributed by atoms with Crippen molar-refractivity contribution in [1.29, 1.82) is 5.26 Å². The van der Waals surface area contributed by atoms with E-state index in [1.54, 1.807) is 17.0 Å². The highest BCUT2D eigenvalue weighted by Crippen LogP contribution is 2.51. The van der Waals surface area contributed by atoms with Crippen LogP contribution in [0.2, 0.25) is 0 Å². The predicted molar refractivity (Wildman–Crippen MR) is 139 cm³/mol. The number of carbonyl (C=O) groups excluding carboxylic acids is 2. The Balaban J connectivity index is 1.41. The minimum Gasteiger partial charge on any atom is -0.487 e. The molecule has 8 heteroatoms. The van der Waals surface area contributed by atoms with Gasteiger partial charge in [-0.05, 0) is 63.8 Å². The summed E-state index contributed by atoms with van der Waals surface area (Å²) in [6.07, 6.45) is 1.52. The van der Waals surface area contributed by atoms with Crippen molar-refractivity contribution in [2.75, 3.05) is 0 Å². The Labute approximate surface area is 217 Å². The summed E-state index contributed by atoms with van der Waals surface area (Å²) in [6, 6.07) is 16.5. The number of nitrogens with one attached hydrogen (secondary N) is 1. The van der Waals surface area contributed by atoms with Gasteiger partial charge in [0.1, 0.15) is 11.4 Å². The summed E-state index contributed by atoms with van der Waals surface area (Å²) in [4.78, 5) is 32.9. The maximum Gasteiger partial charge on any atom is 0.232 e. The topological polar surface area (TPSA) is 121 Å². The molecular weight excluding hydrogens is 466 g/mol. The van der Waals surface area contributed by atoms with Crippen molar-refractivity contribution in [3.05, 3.63) is 65.2 Å².